The fourth-order valence-corrected chi connectivity index (χ4v) is 3.39. The van der Waals surface area contributed by atoms with Crippen LogP contribution < -0.4 is 15.5 Å². The summed E-state index contributed by atoms with van der Waals surface area (Å²) in [5, 5.41) is 6.18. The second-order valence-electron chi connectivity index (χ2n) is 5.91. The number of anilines is 1. The van der Waals surface area contributed by atoms with Crippen LogP contribution in [0.3, 0.4) is 0 Å². The van der Waals surface area contributed by atoms with Crippen molar-refractivity contribution >= 4 is 21.5 Å². The highest BCUT2D eigenvalue weighted by Crippen LogP contribution is 2.24. The summed E-state index contributed by atoms with van der Waals surface area (Å²) in [6, 6.07) is 3.60. The van der Waals surface area contributed by atoms with E-state index in [0.717, 1.165) is 12.5 Å². The monoisotopic (exact) mass is 374 g/mol. The molecule has 1 aliphatic rings. The molecular formula is C16H24F2N4O2S. The average molecular weight is 374 g/mol. The van der Waals surface area contributed by atoms with Crippen LogP contribution >= 0.6 is 0 Å². The van der Waals surface area contributed by atoms with Crippen molar-refractivity contribution in [3.05, 3.63) is 29.8 Å². The van der Waals surface area contributed by atoms with Crippen molar-refractivity contribution in [3.63, 3.8) is 0 Å². The molecule has 1 aromatic rings. The molecular weight excluding hydrogens is 350 g/mol. The first-order chi connectivity index (χ1) is 11.8. The molecule has 0 saturated carbocycles. The summed E-state index contributed by atoms with van der Waals surface area (Å²) in [4.78, 5) is 5.93. The first-order valence-corrected chi connectivity index (χ1v) is 10.0. The number of rotatable bonds is 6. The molecule has 6 nitrogen and oxygen atoms in total. The lowest BCUT2D eigenvalue weighted by Gasteiger charge is -2.21. The van der Waals surface area contributed by atoms with E-state index in [1.54, 1.807) is 14.0 Å². The van der Waals surface area contributed by atoms with Gasteiger partial charge in [0.05, 0.1) is 11.4 Å². The van der Waals surface area contributed by atoms with Crippen LogP contribution in [0, 0.1) is 11.6 Å². The molecule has 140 valence electrons. The molecule has 9 heteroatoms. The number of guanidine groups is 1. The molecule has 2 N–H and O–H groups in total. The molecule has 25 heavy (non-hydrogen) atoms. The van der Waals surface area contributed by atoms with E-state index < -0.39 is 21.5 Å². The SMILES string of the molecule is CCS(=O)(=O)CCNC(=NC)NC1CCN(c2ccc(F)cc2F)C1. The van der Waals surface area contributed by atoms with Crippen molar-refractivity contribution in [1.29, 1.82) is 0 Å². The summed E-state index contributed by atoms with van der Waals surface area (Å²) in [7, 11) is -1.42. The van der Waals surface area contributed by atoms with Crippen molar-refractivity contribution in [2.24, 2.45) is 4.99 Å². The summed E-state index contributed by atoms with van der Waals surface area (Å²) in [6.07, 6.45) is 0.769. The van der Waals surface area contributed by atoms with E-state index in [1.807, 2.05) is 4.90 Å². The molecule has 1 atom stereocenters. The van der Waals surface area contributed by atoms with Gasteiger partial charge in [0.1, 0.15) is 11.6 Å². The first kappa shape index (κ1) is 19.4. The van der Waals surface area contributed by atoms with Crippen molar-refractivity contribution < 1.29 is 17.2 Å². The highest BCUT2D eigenvalue weighted by Gasteiger charge is 2.25. The number of nitrogens with zero attached hydrogens (tertiary/aromatic N) is 2. The zero-order valence-electron chi connectivity index (χ0n) is 14.4. The van der Waals surface area contributed by atoms with Crippen LogP contribution in [0.2, 0.25) is 0 Å². The largest absolute Gasteiger partial charge is 0.367 e. The summed E-state index contributed by atoms with van der Waals surface area (Å²) >= 11 is 0. The van der Waals surface area contributed by atoms with E-state index in [4.69, 9.17) is 0 Å². The maximum absolute atomic E-state index is 13.9. The van der Waals surface area contributed by atoms with E-state index >= 15 is 0 Å². The van der Waals surface area contributed by atoms with Gasteiger partial charge in [-0.2, -0.15) is 0 Å². The molecule has 0 spiro atoms. The minimum Gasteiger partial charge on any atom is -0.367 e. The van der Waals surface area contributed by atoms with Crippen molar-refractivity contribution in [2.75, 3.05) is 43.1 Å². The predicted molar refractivity (Wildman–Crippen MR) is 95.8 cm³/mol. The molecule has 1 fully saturated rings. The van der Waals surface area contributed by atoms with E-state index in [-0.39, 0.29) is 24.1 Å². The smallest absolute Gasteiger partial charge is 0.191 e. The molecule has 0 aliphatic carbocycles. The summed E-state index contributed by atoms with van der Waals surface area (Å²) in [5.41, 5.74) is 0.377. The normalized spacial score (nSPS) is 18.5. The van der Waals surface area contributed by atoms with Gasteiger partial charge in [0.2, 0.25) is 0 Å². The van der Waals surface area contributed by atoms with Crippen molar-refractivity contribution in [3.8, 4) is 0 Å². The Hall–Kier alpha value is -1.90. The Morgan fingerprint density at radius 1 is 1.40 bits per heavy atom. The van der Waals surface area contributed by atoms with Gasteiger partial charge in [-0.1, -0.05) is 6.92 Å². The minimum absolute atomic E-state index is 0.0402. The van der Waals surface area contributed by atoms with Crippen molar-refractivity contribution in [2.45, 2.75) is 19.4 Å². The van der Waals surface area contributed by atoms with Gasteiger partial charge in [-0.15, -0.1) is 0 Å². The molecule has 0 aromatic heterocycles. The number of hydrogen-bond acceptors (Lipinski definition) is 4. The highest BCUT2D eigenvalue weighted by atomic mass is 32.2. The third-order valence-corrected chi connectivity index (χ3v) is 5.85. The molecule has 0 bridgehead atoms. The minimum atomic E-state index is -3.03. The molecule has 2 rings (SSSR count). The summed E-state index contributed by atoms with van der Waals surface area (Å²) in [6.45, 7) is 3.08. The van der Waals surface area contributed by atoms with E-state index in [2.05, 4.69) is 15.6 Å². The fourth-order valence-electron chi connectivity index (χ4n) is 2.69. The third-order valence-electron chi connectivity index (χ3n) is 4.15. The molecule has 1 heterocycles. The number of sulfone groups is 1. The zero-order chi connectivity index (χ0) is 18.4. The van der Waals surface area contributed by atoms with Gasteiger partial charge in [0, 0.05) is 44.5 Å². The molecule has 1 saturated heterocycles. The first-order valence-electron chi connectivity index (χ1n) is 8.22. The molecule has 0 amide bonds. The predicted octanol–water partition coefficient (Wildman–Crippen LogP) is 1.14. The Morgan fingerprint density at radius 2 is 2.16 bits per heavy atom. The van der Waals surface area contributed by atoms with Crippen LogP contribution in [-0.2, 0) is 9.84 Å². The van der Waals surface area contributed by atoms with Crippen LogP contribution in [0.25, 0.3) is 0 Å². The van der Waals surface area contributed by atoms with Crippen LogP contribution in [-0.4, -0.2) is 58.6 Å². The van der Waals surface area contributed by atoms with Crippen molar-refractivity contribution in [1.82, 2.24) is 10.6 Å². The Bertz CT molecular complexity index is 725. The van der Waals surface area contributed by atoms with E-state index in [9.17, 15) is 17.2 Å². The van der Waals surface area contributed by atoms with Gasteiger partial charge in [-0.05, 0) is 18.6 Å². The van der Waals surface area contributed by atoms with Gasteiger partial charge >= 0.3 is 0 Å². The Balaban J connectivity index is 1.86. The van der Waals surface area contributed by atoms with Crippen LogP contribution in [0.5, 0.6) is 0 Å². The quantitative estimate of drug-likeness (QED) is 0.577. The summed E-state index contributed by atoms with van der Waals surface area (Å²) in [5.74, 6) is -0.504. The maximum atomic E-state index is 13.9. The molecule has 1 aromatic carbocycles. The number of halogens is 2. The highest BCUT2D eigenvalue weighted by molar-refractivity contribution is 7.91. The second-order valence-corrected chi connectivity index (χ2v) is 8.38. The van der Waals surface area contributed by atoms with Crippen LogP contribution in [0.15, 0.2) is 23.2 Å². The zero-order valence-corrected chi connectivity index (χ0v) is 15.2. The lowest BCUT2D eigenvalue weighted by atomic mass is 10.2. The van der Waals surface area contributed by atoms with Gasteiger partial charge in [-0.3, -0.25) is 4.99 Å². The lowest BCUT2D eigenvalue weighted by molar-refractivity contribution is 0.580. The number of hydrogen-bond donors (Lipinski definition) is 2. The van der Waals surface area contributed by atoms with Crippen LogP contribution in [0.4, 0.5) is 14.5 Å². The molecule has 1 aliphatic heterocycles. The number of aliphatic imine (C=N–C) groups is 1. The standard InChI is InChI=1S/C16H24F2N4O2S/c1-3-25(23,24)9-7-20-16(19-2)21-13-6-8-22(11-13)15-5-4-12(17)10-14(15)18/h4-5,10,13H,3,6-9,11H2,1-2H3,(H2,19,20,21). The van der Waals surface area contributed by atoms with E-state index in [0.29, 0.717) is 24.7 Å². The number of benzene rings is 1. The van der Waals surface area contributed by atoms with Gasteiger partial charge in [0.15, 0.2) is 15.8 Å². The average Bonchev–Trinajstić information content (AvgIpc) is 3.02. The number of nitrogens with one attached hydrogen (secondary N) is 2. The van der Waals surface area contributed by atoms with Crippen LogP contribution in [0.1, 0.15) is 13.3 Å². The van der Waals surface area contributed by atoms with Gasteiger partial charge in [0.25, 0.3) is 0 Å². The molecule has 0 radical (unpaired) electrons. The Morgan fingerprint density at radius 3 is 2.80 bits per heavy atom. The molecule has 1 unspecified atom stereocenters. The maximum Gasteiger partial charge on any atom is 0.191 e. The second kappa shape index (κ2) is 8.46. The fraction of sp³-hybridized carbons (Fsp3) is 0.562. The van der Waals surface area contributed by atoms with Gasteiger partial charge < -0.3 is 15.5 Å². The Kier molecular flexibility index (Phi) is 6.57. The van der Waals surface area contributed by atoms with E-state index in [1.165, 1.54) is 12.1 Å². The summed E-state index contributed by atoms with van der Waals surface area (Å²) < 4.78 is 49.9. The topological polar surface area (TPSA) is 73.8 Å². The van der Waals surface area contributed by atoms with Gasteiger partial charge in [-0.25, -0.2) is 17.2 Å². The third kappa shape index (κ3) is 5.55. The lowest BCUT2D eigenvalue weighted by Crippen LogP contribution is -2.45. The Labute approximate surface area is 147 Å².